The van der Waals surface area contributed by atoms with Crippen LogP contribution in [0.4, 0.5) is 10.1 Å². The molecule has 1 rings (SSSR count). The molecule has 0 saturated carbocycles. The number of nitrogen functional groups attached to an aromatic ring is 1. The number of nitrogens with one attached hydrogen (secondary N) is 1. The van der Waals surface area contributed by atoms with Crippen molar-refractivity contribution in [2.24, 2.45) is 0 Å². The van der Waals surface area contributed by atoms with Crippen LogP contribution in [-0.4, -0.2) is 36.3 Å². The number of nitrogens with zero attached hydrogens (tertiary/aromatic N) is 1. The zero-order chi connectivity index (χ0) is 15.8. The Balaban J connectivity index is 2.81. The Morgan fingerprint density at radius 3 is 2.57 bits per heavy atom. The molecule has 0 aliphatic carbocycles. The van der Waals surface area contributed by atoms with E-state index >= 15 is 0 Å². The van der Waals surface area contributed by atoms with Gasteiger partial charge in [0.05, 0.1) is 12.2 Å². The third-order valence-corrected chi connectivity index (χ3v) is 2.93. The highest BCUT2D eigenvalue weighted by molar-refractivity contribution is 5.97. The summed E-state index contributed by atoms with van der Waals surface area (Å²) in [4.78, 5) is 25.6. The van der Waals surface area contributed by atoms with Crippen molar-refractivity contribution in [3.05, 3.63) is 29.6 Å². The number of hydrogen-bond acceptors (Lipinski definition) is 3. The standard InChI is InChI=1S/C15H22FN3O2/c1-3-7-18-14(20)10-19(8-4-2)15(21)11-5-6-12(16)13(17)9-11/h5-6,9H,3-4,7-8,10,17H2,1-2H3,(H,18,20). The third kappa shape index (κ3) is 5.06. The van der Waals surface area contributed by atoms with Crippen molar-refractivity contribution in [2.75, 3.05) is 25.4 Å². The lowest BCUT2D eigenvalue weighted by Gasteiger charge is -2.21. The molecule has 0 spiro atoms. The molecule has 116 valence electrons. The maximum Gasteiger partial charge on any atom is 0.254 e. The SMILES string of the molecule is CCCNC(=O)CN(CCC)C(=O)c1ccc(F)c(N)c1. The molecule has 0 bridgehead atoms. The number of carbonyl (C=O) groups is 2. The van der Waals surface area contributed by atoms with E-state index in [9.17, 15) is 14.0 Å². The van der Waals surface area contributed by atoms with Gasteiger partial charge in [-0.05, 0) is 31.0 Å². The Morgan fingerprint density at radius 2 is 2.00 bits per heavy atom. The first-order valence-electron chi connectivity index (χ1n) is 7.10. The van der Waals surface area contributed by atoms with Gasteiger partial charge in [0.1, 0.15) is 5.82 Å². The summed E-state index contributed by atoms with van der Waals surface area (Å²) < 4.78 is 13.1. The molecule has 21 heavy (non-hydrogen) atoms. The minimum Gasteiger partial charge on any atom is -0.396 e. The van der Waals surface area contributed by atoms with Crippen molar-refractivity contribution < 1.29 is 14.0 Å². The molecule has 0 radical (unpaired) electrons. The number of hydrogen-bond donors (Lipinski definition) is 2. The van der Waals surface area contributed by atoms with Crippen molar-refractivity contribution in [3.63, 3.8) is 0 Å². The van der Waals surface area contributed by atoms with Crippen LogP contribution in [-0.2, 0) is 4.79 Å². The van der Waals surface area contributed by atoms with E-state index in [1.54, 1.807) is 0 Å². The van der Waals surface area contributed by atoms with Crippen LogP contribution in [0.1, 0.15) is 37.0 Å². The summed E-state index contributed by atoms with van der Waals surface area (Å²) in [5, 5.41) is 2.73. The summed E-state index contributed by atoms with van der Waals surface area (Å²) in [6.45, 7) is 4.90. The van der Waals surface area contributed by atoms with Gasteiger partial charge in [-0.2, -0.15) is 0 Å². The number of anilines is 1. The van der Waals surface area contributed by atoms with Crippen LogP contribution in [0.5, 0.6) is 0 Å². The van der Waals surface area contributed by atoms with Crippen LogP contribution in [0.25, 0.3) is 0 Å². The zero-order valence-electron chi connectivity index (χ0n) is 12.5. The van der Waals surface area contributed by atoms with Gasteiger partial charge in [-0.1, -0.05) is 13.8 Å². The van der Waals surface area contributed by atoms with Gasteiger partial charge in [-0.3, -0.25) is 9.59 Å². The summed E-state index contributed by atoms with van der Waals surface area (Å²) in [5.74, 6) is -1.08. The quantitative estimate of drug-likeness (QED) is 0.753. The average Bonchev–Trinajstić information content (AvgIpc) is 2.46. The number of amides is 2. The predicted molar refractivity (Wildman–Crippen MR) is 80.3 cm³/mol. The number of nitrogens with two attached hydrogens (primary N) is 1. The van der Waals surface area contributed by atoms with Gasteiger partial charge >= 0.3 is 0 Å². The topological polar surface area (TPSA) is 75.4 Å². The molecule has 2 amide bonds. The normalized spacial score (nSPS) is 10.2. The fraction of sp³-hybridized carbons (Fsp3) is 0.467. The van der Waals surface area contributed by atoms with Crippen molar-refractivity contribution in [3.8, 4) is 0 Å². The van der Waals surface area contributed by atoms with Crippen LogP contribution < -0.4 is 11.1 Å². The molecule has 3 N–H and O–H groups in total. The van der Waals surface area contributed by atoms with Crippen molar-refractivity contribution >= 4 is 17.5 Å². The first-order chi connectivity index (χ1) is 9.99. The van der Waals surface area contributed by atoms with Crippen molar-refractivity contribution in [1.29, 1.82) is 0 Å². The Bertz CT molecular complexity index is 506. The summed E-state index contributed by atoms with van der Waals surface area (Å²) in [5.41, 5.74) is 5.68. The lowest BCUT2D eigenvalue weighted by Crippen LogP contribution is -2.41. The van der Waals surface area contributed by atoms with Crippen LogP contribution >= 0.6 is 0 Å². The van der Waals surface area contributed by atoms with Crippen LogP contribution in [0.3, 0.4) is 0 Å². The lowest BCUT2D eigenvalue weighted by atomic mass is 10.1. The van der Waals surface area contributed by atoms with E-state index in [-0.39, 0.29) is 29.6 Å². The van der Waals surface area contributed by atoms with Crippen molar-refractivity contribution in [1.82, 2.24) is 10.2 Å². The third-order valence-electron chi connectivity index (χ3n) is 2.93. The molecule has 0 fully saturated rings. The second-order valence-electron chi connectivity index (χ2n) is 4.81. The first-order valence-corrected chi connectivity index (χ1v) is 7.10. The van der Waals surface area contributed by atoms with Gasteiger partial charge < -0.3 is 16.0 Å². The van der Waals surface area contributed by atoms with Gasteiger partial charge in [0.25, 0.3) is 5.91 Å². The maximum atomic E-state index is 13.1. The summed E-state index contributed by atoms with van der Waals surface area (Å²) in [6, 6.07) is 3.83. The fourth-order valence-corrected chi connectivity index (χ4v) is 1.88. The van der Waals surface area contributed by atoms with Gasteiger partial charge in [0, 0.05) is 18.7 Å². The Labute approximate surface area is 124 Å². The van der Waals surface area contributed by atoms with E-state index < -0.39 is 5.82 Å². The largest absolute Gasteiger partial charge is 0.396 e. The molecule has 0 aliphatic heterocycles. The smallest absolute Gasteiger partial charge is 0.254 e. The number of benzene rings is 1. The summed E-state index contributed by atoms with van der Waals surface area (Å²) >= 11 is 0. The Morgan fingerprint density at radius 1 is 1.29 bits per heavy atom. The molecule has 0 unspecified atom stereocenters. The second-order valence-corrected chi connectivity index (χ2v) is 4.81. The number of rotatable bonds is 7. The predicted octanol–water partition coefficient (Wildman–Crippen LogP) is 1.79. The summed E-state index contributed by atoms with van der Waals surface area (Å²) in [7, 11) is 0. The van der Waals surface area contributed by atoms with Crippen LogP contribution in [0.15, 0.2) is 18.2 Å². The van der Waals surface area contributed by atoms with Crippen LogP contribution in [0, 0.1) is 5.82 Å². The van der Waals surface area contributed by atoms with Gasteiger partial charge in [0.15, 0.2) is 0 Å². The van der Waals surface area contributed by atoms with E-state index in [0.29, 0.717) is 13.1 Å². The molecule has 0 aliphatic rings. The molecule has 0 heterocycles. The maximum absolute atomic E-state index is 13.1. The molecule has 6 heteroatoms. The Hall–Kier alpha value is -2.11. The van der Waals surface area contributed by atoms with Crippen molar-refractivity contribution in [2.45, 2.75) is 26.7 Å². The highest BCUT2D eigenvalue weighted by Crippen LogP contribution is 2.14. The van der Waals surface area contributed by atoms with Crippen LogP contribution in [0.2, 0.25) is 0 Å². The molecule has 1 aromatic rings. The van der Waals surface area contributed by atoms with Gasteiger partial charge in [0.2, 0.25) is 5.91 Å². The van der Waals surface area contributed by atoms with Gasteiger partial charge in [-0.15, -0.1) is 0 Å². The molecular formula is C15H22FN3O2. The van der Waals surface area contributed by atoms with E-state index in [0.717, 1.165) is 18.9 Å². The van der Waals surface area contributed by atoms with E-state index in [4.69, 9.17) is 5.73 Å². The molecular weight excluding hydrogens is 273 g/mol. The second kappa shape index (κ2) is 8.24. The Kier molecular flexibility index (Phi) is 6.65. The molecule has 0 aromatic heterocycles. The molecule has 0 saturated heterocycles. The monoisotopic (exact) mass is 295 g/mol. The highest BCUT2D eigenvalue weighted by atomic mass is 19.1. The minimum absolute atomic E-state index is 0.00997. The molecule has 0 atom stereocenters. The minimum atomic E-state index is -0.561. The molecule has 1 aromatic carbocycles. The zero-order valence-corrected chi connectivity index (χ0v) is 12.5. The number of carbonyl (C=O) groups excluding carboxylic acids is 2. The number of halogens is 1. The van der Waals surface area contributed by atoms with Gasteiger partial charge in [-0.25, -0.2) is 4.39 Å². The highest BCUT2D eigenvalue weighted by Gasteiger charge is 2.18. The lowest BCUT2D eigenvalue weighted by molar-refractivity contribution is -0.121. The van der Waals surface area contributed by atoms with E-state index in [1.165, 1.54) is 17.0 Å². The molecule has 5 nitrogen and oxygen atoms in total. The average molecular weight is 295 g/mol. The van der Waals surface area contributed by atoms with E-state index in [2.05, 4.69) is 5.32 Å². The fourth-order valence-electron chi connectivity index (χ4n) is 1.88. The van der Waals surface area contributed by atoms with E-state index in [1.807, 2.05) is 13.8 Å². The first kappa shape index (κ1) is 16.9. The summed E-state index contributed by atoms with van der Waals surface area (Å²) in [6.07, 6.45) is 1.56.